The van der Waals surface area contributed by atoms with E-state index in [0.29, 0.717) is 15.6 Å². The fourth-order valence-corrected chi connectivity index (χ4v) is 4.38. The maximum atomic E-state index is 12.7. The molecule has 0 saturated carbocycles. The van der Waals surface area contributed by atoms with Gasteiger partial charge in [0.15, 0.2) is 0 Å². The van der Waals surface area contributed by atoms with Crippen molar-refractivity contribution in [3.63, 3.8) is 0 Å². The Balaban J connectivity index is 3.31. The topological polar surface area (TPSA) is 57.6 Å². The summed E-state index contributed by atoms with van der Waals surface area (Å²) < 4.78 is 27.5. The normalized spacial score (nSPS) is 13.8. The molecule has 4 nitrogen and oxygen atoms in total. The monoisotopic (exact) mass is 363 g/mol. The van der Waals surface area contributed by atoms with Crippen molar-refractivity contribution in [1.82, 2.24) is 4.31 Å². The molecule has 0 aliphatic rings. The summed E-state index contributed by atoms with van der Waals surface area (Å²) in [5, 5.41) is 9.25. The summed E-state index contributed by atoms with van der Waals surface area (Å²) in [6.45, 7) is 5.51. The van der Waals surface area contributed by atoms with Gasteiger partial charge in [-0.25, -0.2) is 8.42 Å². The van der Waals surface area contributed by atoms with Crippen LogP contribution in [0.3, 0.4) is 0 Å². The van der Waals surface area contributed by atoms with Crippen molar-refractivity contribution in [1.29, 1.82) is 0 Å². The largest absolute Gasteiger partial charge is 0.392 e. The van der Waals surface area contributed by atoms with Gasteiger partial charge in [0.05, 0.1) is 11.5 Å². The van der Waals surface area contributed by atoms with Crippen molar-refractivity contribution in [3.8, 4) is 0 Å². The van der Waals surface area contributed by atoms with Gasteiger partial charge in [-0.15, -0.1) is 0 Å². The van der Waals surface area contributed by atoms with E-state index in [1.165, 1.54) is 4.31 Å². The van der Waals surface area contributed by atoms with Crippen molar-refractivity contribution in [3.05, 3.63) is 27.7 Å². The number of benzene rings is 1. The van der Waals surface area contributed by atoms with Crippen LogP contribution in [0.15, 0.2) is 21.5 Å². The van der Waals surface area contributed by atoms with Gasteiger partial charge in [0.1, 0.15) is 0 Å². The van der Waals surface area contributed by atoms with Gasteiger partial charge in [-0.3, -0.25) is 0 Å². The summed E-state index contributed by atoms with van der Waals surface area (Å²) in [6, 6.07) is 3.23. The van der Waals surface area contributed by atoms with E-state index in [9.17, 15) is 13.5 Å². The van der Waals surface area contributed by atoms with E-state index in [-0.39, 0.29) is 17.5 Å². The Morgan fingerprint density at radius 3 is 2.50 bits per heavy atom. The summed E-state index contributed by atoms with van der Waals surface area (Å²) in [7, 11) is -1.95. The molecule has 1 atom stereocenters. The summed E-state index contributed by atoms with van der Waals surface area (Å²) in [6.07, 6.45) is 1.75. The van der Waals surface area contributed by atoms with Crippen molar-refractivity contribution in [2.75, 3.05) is 7.05 Å². The fraction of sp³-hybridized carbons (Fsp3) is 0.571. The van der Waals surface area contributed by atoms with Gasteiger partial charge in [0.2, 0.25) is 10.0 Å². The van der Waals surface area contributed by atoms with Crippen LogP contribution in [-0.4, -0.2) is 30.9 Å². The second-order valence-corrected chi connectivity index (χ2v) is 7.84. The number of hydrogen-bond donors (Lipinski definition) is 1. The number of aliphatic hydroxyl groups is 1. The lowest BCUT2D eigenvalue weighted by atomic mass is 10.2. The molecule has 1 aromatic rings. The average Bonchev–Trinajstić information content (AvgIpc) is 2.40. The minimum absolute atomic E-state index is 0.0547. The minimum Gasteiger partial charge on any atom is -0.392 e. The molecule has 0 aliphatic heterocycles. The second kappa shape index (κ2) is 7.02. The molecule has 0 heterocycles. The predicted octanol–water partition coefficient (Wildman–Crippen LogP) is 3.06. The molecule has 6 heteroatoms. The fourth-order valence-electron chi connectivity index (χ4n) is 2.06. The lowest BCUT2D eigenvalue weighted by Gasteiger charge is -2.25. The summed E-state index contributed by atoms with van der Waals surface area (Å²) in [5.41, 5.74) is 1.25. The van der Waals surface area contributed by atoms with Gasteiger partial charge >= 0.3 is 0 Å². The van der Waals surface area contributed by atoms with Crippen molar-refractivity contribution in [2.45, 2.75) is 51.2 Å². The highest BCUT2D eigenvalue weighted by Gasteiger charge is 2.27. The molecule has 0 amide bonds. The third-order valence-corrected chi connectivity index (χ3v) is 6.44. The van der Waals surface area contributed by atoms with Gasteiger partial charge in [0, 0.05) is 17.6 Å². The van der Waals surface area contributed by atoms with Gasteiger partial charge in [-0.1, -0.05) is 29.3 Å². The standard InChI is InChI=1S/C14H22BrNO3S/c1-5-6-10(2)16(4)20(18,19)14-8-12(9-17)7-13(15)11(14)3/h7-8,10,17H,5-6,9H2,1-4H3. The van der Waals surface area contributed by atoms with Gasteiger partial charge in [-0.2, -0.15) is 4.31 Å². The zero-order valence-corrected chi connectivity index (χ0v) is 14.8. The molecule has 1 N–H and O–H groups in total. The van der Waals surface area contributed by atoms with E-state index in [2.05, 4.69) is 15.9 Å². The van der Waals surface area contributed by atoms with E-state index >= 15 is 0 Å². The Kier molecular flexibility index (Phi) is 6.19. The molecule has 0 aliphatic carbocycles. The number of rotatable bonds is 6. The predicted molar refractivity (Wildman–Crippen MR) is 84.1 cm³/mol. The van der Waals surface area contributed by atoms with Crippen LogP contribution in [0, 0.1) is 6.92 Å². The van der Waals surface area contributed by atoms with E-state index in [1.54, 1.807) is 26.1 Å². The van der Waals surface area contributed by atoms with Crippen LogP contribution in [0.1, 0.15) is 37.8 Å². The summed E-state index contributed by atoms with van der Waals surface area (Å²) in [4.78, 5) is 0.251. The Hall–Kier alpha value is -0.430. The lowest BCUT2D eigenvalue weighted by molar-refractivity contribution is 0.281. The van der Waals surface area contributed by atoms with Gasteiger partial charge < -0.3 is 5.11 Å². The number of nitrogens with zero attached hydrogens (tertiary/aromatic N) is 1. The second-order valence-electron chi connectivity index (χ2n) is 5.02. The molecular formula is C14H22BrNO3S. The van der Waals surface area contributed by atoms with E-state index in [4.69, 9.17) is 0 Å². The van der Waals surface area contributed by atoms with Crippen molar-refractivity contribution < 1.29 is 13.5 Å². The Bertz CT molecular complexity index is 572. The first-order valence-electron chi connectivity index (χ1n) is 6.63. The van der Waals surface area contributed by atoms with Gasteiger partial charge in [0.25, 0.3) is 0 Å². The summed E-state index contributed by atoms with van der Waals surface area (Å²) >= 11 is 3.35. The molecule has 0 aromatic heterocycles. The smallest absolute Gasteiger partial charge is 0.243 e. The molecule has 0 bridgehead atoms. The highest BCUT2D eigenvalue weighted by Crippen LogP contribution is 2.28. The quantitative estimate of drug-likeness (QED) is 0.844. The summed E-state index contributed by atoms with van der Waals surface area (Å²) in [5.74, 6) is 0. The highest BCUT2D eigenvalue weighted by atomic mass is 79.9. The number of halogens is 1. The zero-order valence-electron chi connectivity index (χ0n) is 12.4. The molecule has 20 heavy (non-hydrogen) atoms. The van der Waals surface area contributed by atoms with Crippen molar-refractivity contribution >= 4 is 26.0 Å². The van der Waals surface area contributed by atoms with E-state index in [1.807, 2.05) is 13.8 Å². The van der Waals surface area contributed by atoms with Crippen LogP contribution in [0.4, 0.5) is 0 Å². The first-order chi connectivity index (χ1) is 9.25. The van der Waals surface area contributed by atoms with Crippen LogP contribution < -0.4 is 0 Å². The molecule has 1 aromatic carbocycles. The number of sulfonamides is 1. The number of aliphatic hydroxyl groups excluding tert-OH is 1. The van der Waals surface area contributed by atoms with Crippen LogP contribution in [-0.2, 0) is 16.6 Å². The molecule has 1 rings (SSSR count). The molecule has 0 spiro atoms. The van der Waals surface area contributed by atoms with E-state index < -0.39 is 10.0 Å². The Labute approximate surface area is 130 Å². The third-order valence-electron chi connectivity index (χ3n) is 3.52. The average molecular weight is 364 g/mol. The van der Waals surface area contributed by atoms with Crippen LogP contribution in [0.25, 0.3) is 0 Å². The Morgan fingerprint density at radius 2 is 2.00 bits per heavy atom. The van der Waals surface area contributed by atoms with E-state index in [0.717, 1.165) is 12.8 Å². The van der Waals surface area contributed by atoms with Crippen LogP contribution in [0.5, 0.6) is 0 Å². The first-order valence-corrected chi connectivity index (χ1v) is 8.86. The molecule has 1 unspecified atom stereocenters. The maximum absolute atomic E-state index is 12.7. The molecule has 0 fully saturated rings. The van der Waals surface area contributed by atoms with Gasteiger partial charge in [-0.05, 0) is 43.5 Å². The molecule has 0 radical (unpaired) electrons. The molecule has 114 valence electrons. The highest BCUT2D eigenvalue weighted by molar-refractivity contribution is 9.10. The zero-order chi connectivity index (χ0) is 15.5. The molecule has 0 saturated heterocycles. The number of hydrogen-bond acceptors (Lipinski definition) is 3. The maximum Gasteiger partial charge on any atom is 0.243 e. The molecular weight excluding hydrogens is 342 g/mol. The van der Waals surface area contributed by atoms with Crippen molar-refractivity contribution in [2.24, 2.45) is 0 Å². The minimum atomic E-state index is -3.55. The third kappa shape index (κ3) is 3.61. The SMILES string of the molecule is CCCC(C)N(C)S(=O)(=O)c1cc(CO)cc(Br)c1C. The van der Waals surface area contributed by atoms with Crippen LogP contribution >= 0.6 is 15.9 Å². The lowest BCUT2D eigenvalue weighted by Crippen LogP contribution is -2.35. The first kappa shape index (κ1) is 17.6. The Morgan fingerprint density at radius 1 is 1.40 bits per heavy atom. The van der Waals surface area contributed by atoms with Crippen LogP contribution in [0.2, 0.25) is 0 Å².